The van der Waals surface area contributed by atoms with Crippen molar-refractivity contribution in [3.8, 4) is 0 Å². The smallest absolute Gasteiger partial charge is 0.239 e. The molecule has 1 saturated heterocycles. The van der Waals surface area contributed by atoms with Crippen molar-refractivity contribution in [3.05, 3.63) is 35.4 Å². The van der Waals surface area contributed by atoms with Gasteiger partial charge in [0.15, 0.2) is 0 Å². The second kappa shape index (κ2) is 7.51. The molecule has 0 radical (unpaired) electrons. The lowest BCUT2D eigenvalue weighted by atomic mass is 10.0. The molecule has 1 aliphatic rings. The highest BCUT2D eigenvalue weighted by Gasteiger charge is 2.23. The number of piperidine rings is 1. The molecule has 0 unspecified atom stereocenters. The summed E-state index contributed by atoms with van der Waals surface area (Å²) in [6.45, 7) is 3.74. The largest absolute Gasteiger partial charge is 0.340 e. The highest BCUT2D eigenvalue weighted by Crippen LogP contribution is 2.12. The van der Waals surface area contributed by atoms with Gasteiger partial charge < -0.3 is 10.2 Å². The zero-order valence-corrected chi connectivity index (χ0v) is 12.5. The van der Waals surface area contributed by atoms with Crippen LogP contribution in [0, 0.1) is 6.92 Å². The fourth-order valence-electron chi connectivity index (χ4n) is 2.49. The van der Waals surface area contributed by atoms with Crippen molar-refractivity contribution in [2.75, 3.05) is 13.6 Å². The van der Waals surface area contributed by atoms with E-state index in [4.69, 9.17) is 0 Å². The lowest BCUT2D eigenvalue weighted by molar-refractivity contribution is -0.133. The molecule has 106 valence electrons. The van der Waals surface area contributed by atoms with E-state index in [1.54, 1.807) is 0 Å². The van der Waals surface area contributed by atoms with Gasteiger partial charge in [0.05, 0.1) is 6.04 Å². The Kier molecular flexibility index (Phi) is 6.32. The number of benzene rings is 1. The Balaban J connectivity index is 0.00000180. The zero-order valence-electron chi connectivity index (χ0n) is 11.7. The zero-order chi connectivity index (χ0) is 13.0. The van der Waals surface area contributed by atoms with E-state index in [0.717, 1.165) is 19.4 Å². The molecule has 0 bridgehead atoms. The van der Waals surface area contributed by atoms with Gasteiger partial charge in [0.25, 0.3) is 0 Å². The van der Waals surface area contributed by atoms with Crippen LogP contribution in [0.3, 0.4) is 0 Å². The van der Waals surface area contributed by atoms with Crippen LogP contribution in [0.15, 0.2) is 24.3 Å². The standard InChI is InChI=1S/C15H22N2O.ClH/c1-12-6-5-7-13(10-12)11-17(2)15(18)14-8-3-4-9-16-14;/h5-7,10,14,16H,3-4,8-9,11H2,1-2H3;1H/t14-;/m1./s1. The van der Waals surface area contributed by atoms with Crippen LogP contribution in [0.4, 0.5) is 0 Å². The van der Waals surface area contributed by atoms with E-state index in [9.17, 15) is 4.79 Å². The van der Waals surface area contributed by atoms with Gasteiger partial charge in [-0.1, -0.05) is 36.2 Å². The summed E-state index contributed by atoms with van der Waals surface area (Å²) in [7, 11) is 1.89. The first kappa shape index (κ1) is 16.0. The lowest BCUT2D eigenvalue weighted by Gasteiger charge is -2.27. The van der Waals surface area contributed by atoms with E-state index in [1.807, 2.05) is 18.0 Å². The van der Waals surface area contributed by atoms with Crippen molar-refractivity contribution in [1.29, 1.82) is 0 Å². The number of carbonyl (C=O) groups excluding carboxylic acids is 1. The van der Waals surface area contributed by atoms with Gasteiger partial charge in [0, 0.05) is 13.6 Å². The van der Waals surface area contributed by atoms with Crippen LogP contribution in [-0.4, -0.2) is 30.4 Å². The maximum atomic E-state index is 12.3. The Bertz CT molecular complexity index is 416. The van der Waals surface area contributed by atoms with Gasteiger partial charge in [-0.3, -0.25) is 4.79 Å². The van der Waals surface area contributed by atoms with Gasteiger partial charge in [0.1, 0.15) is 0 Å². The molecule has 19 heavy (non-hydrogen) atoms. The van der Waals surface area contributed by atoms with E-state index in [1.165, 1.54) is 17.5 Å². The van der Waals surface area contributed by atoms with Crippen LogP contribution >= 0.6 is 12.4 Å². The van der Waals surface area contributed by atoms with Crippen LogP contribution in [0.1, 0.15) is 30.4 Å². The van der Waals surface area contributed by atoms with Gasteiger partial charge in [-0.25, -0.2) is 0 Å². The number of halogens is 1. The minimum atomic E-state index is 0. The molecule has 1 N–H and O–H groups in total. The molecular formula is C15H23ClN2O. The molecule has 1 heterocycles. The summed E-state index contributed by atoms with van der Waals surface area (Å²) in [6.07, 6.45) is 3.31. The highest BCUT2D eigenvalue weighted by atomic mass is 35.5. The molecule has 1 atom stereocenters. The van der Waals surface area contributed by atoms with Crippen molar-refractivity contribution in [2.24, 2.45) is 0 Å². The number of likely N-dealkylation sites (N-methyl/N-ethyl adjacent to an activating group) is 1. The minimum Gasteiger partial charge on any atom is -0.340 e. The summed E-state index contributed by atoms with van der Waals surface area (Å²) in [5, 5.41) is 3.31. The van der Waals surface area contributed by atoms with Crippen LogP contribution in [0.5, 0.6) is 0 Å². The van der Waals surface area contributed by atoms with E-state index < -0.39 is 0 Å². The molecule has 0 aromatic heterocycles. The molecule has 1 aromatic rings. The van der Waals surface area contributed by atoms with Crippen molar-refractivity contribution in [1.82, 2.24) is 10.2 Å². The van der Waals surface area contributed by atoms with Gasteiger partial charge in [0.2, 0.25) is 5.91 Å². The van der Waals surface area contributed by atoms with E-state index in [0.29, 0.717) is 6.54 Å². The first-order valence-electron chi connectivity index (χ1n) is 6.71. The fourth-order valence-corrected chi connectivity index (χ4v) is 2.49. The maximum absolute atomic E-state index is 12.3. The molecule has 0 spiro atoms. The third-order valence-electron chi connectivity index (χ3n) is 3.49. The first-order chi connectivity index (χ1) is 8.66. The third-order valence-corrected chi connectivity index (χ3v) is 3.49. The number of aryl methyl sites for hydroxylation is 1. The van der Waals surface area contributed by atoms with Gasteiger partial charge in [-0.05, 0) is 31.9 Å². The van der Waals surface area contributed by atoms with Crippen LogP contribution in [-0.2, 0) is 11.3 Å². The number of hydrogen-bond donors (Lipinski definition) is 1. The van der Waals surface area contributed by atoms with Crippen LogP contribution in [0.25, 0.3) is 0 Å². The van der Waals surface area contributed by atoms with Crippen LogP contribution < -0.4 is 5.32 Å². The monoisotopic (exact) mass is 282 g/mol. The fraction of sp³-hybridized carbons (Fsp3) is 0.533. The van der Waals surface area contributed by atoms with Gasteiger partial charge >= 0.3 is 0 Å². The van der Waals surface area contributed by atoms with Crippen molar-refractivity contribution in [3.63, 3.8) is 0 Å². The molecule has 0 saturated carbocycles. The Hall–Kier alpha value is -1.06. The highest BCUT2D eigenvalue weighted by molar-refractivity contribution is 5.85. The molecule has 3 nitrogen and oxygen atoms in total. The average Bonchev–Trinajstić information content (AvgIpc) is 2.39. The van der Waals surface area contributed by atoms with Crippen molar-refractivity contribution >= 4 is 18.3 Å². The molecule has 4 heteroatoms. The third kappa shape index (κ3) is 4.51. The maximum Gasteiger partial charge on any atom is 0.239 e. The van der Waals surface area contributed by atoms with Gasteiger partial charge in [-0.2, -0.15) is 0 Å². The summed E-state index contributed by atoms with van der Waals surface area (Å²) in [4.78, 5) is 14.1. The van der Waals surface area contributed by atoms with E-state index in [2.05, 4.69) is 30.4 Å². The Labute approximate surface area is 121 Å². The normalized spacial score (nSPS) is 18.5. The molecule has 2 rings (SSSR count). The second-order valence-corrected chi connectivity index (χ2v) is 5.19. The Morgan fingerprint density at radius 1 is 1.42 bits per heavy atom. The number of carbonyl (C=O) groups is 1. The summed E-state index contributed by atoms with van der Waals surface area (Å²) in [5.74, 6) is 0.219. The predicted molar refractivity (Wildman–Crippen MR) is 80.5 cm³/mol. The molecule has 1 fully saturated rings. The number of rotatable bonds is 3. The van der Waals surface area contributed by atoms with Crippen LogP contribution in [0.2, 0.25) is 0 Å². The SMILES string of the molecule is Cc1cccc(CN(C)C(=O)[C@H]2CCCCN2)c1.Cl. The van der Waals surface area contributed by atoms with E-state index >= 15 is 0 Å². The van der Waals surface area contributed by atoms with E-state index in [-0.39, 0.29) is 24.4 Å². The first-order valence-corrected chi connectivity index (χ1v) is 6.71. The number of hydrogen-bond acceptors (Lipinski definition) is 2. The molecule has 1 aliphatic heterocycles. The summed E-state index contributed by atoms with van der Waals surface area (Å²) in [5.41, 5.74) is 2.44. The quantitative estimate of drug-likeness (QED) is 0.924. The average molecular weight is 283 g/mol. The number of nitrogens with one attached hydrogen (secondary N) is 1. The molecule has 1 amide bonds. The predicted octanol–water partition coefficient (Wildman–Crippen LogP) is 2.52. The molecule has 0 aliphatic carbocycles. The molecular weight excluding hydrogens is 260 g/mol. The summed E-state index contributed by atoms with van der Waals surface area (Å²) in [6, 6.07) is 8.35. The van der Waals surface area contributed by atoms with Gasteiger partial charge in [-0.15, -0.1) is 12.4 Å². The second-order valence-electron chi connectivity index (χ2n) is 5.19. The summed E-state index contributed by atoms with van der Waals surface area (Å²) >= 11 is 0. The number of amides is 1. The minimum absolute atomic E-state index is 0. The van der Waals surface area contributed by atoms with Crippen molar-refractivity contribution < 1.29 is 4.79 Å². The summed E-state index contributed by atoms with van der Waals surface area (Å²) < 4.78 is 0. The number of nitrogens with zero attached hydrogens (tertiary/aromatic N) is 1. The molecule has 1 aromatic carbocycles. The topological polar surface area (TPSA) is 32.3 Å². The Morgan fingerprint density at radius 3 is 2.84 bits per heavy atom. The Morgan fingerprint density at radius 2 is 2.21 bits per heavy atom. The lowest BCUT2D eigenvalue weighted by Crippen LogP contribution is -2.46. The van der Waals surface area contributed by atoms with Crippen molar-refractivity contribution in [2.45, 2.75) is 38.8 Å².